The highest BCUT2D eigenvalue weighted by Crippen LogP contribution is 2.15. The number of rotatable bonds is 7. The average molecular weight is 362 g/mol. The molecule has 22 heavy (non-hydrogen) atoms. The van der Waals surface area contributed by atoms with Crippen LogP contribution in [0, 0.1) is 0 Å². The highest BCUT2D eigenvalue weighted by atomic mass is 79.9. The van der Waals surface area contributed by atoms with Gasteiger partial charge in [0, 0.05) is 28.5 Å². The number of aromatic nitrogens is 1. The van der Waals surface area contributed by atoms with Crippen LogP contribution in [0.15, 0.2) is 47.1 Å². The van der Waals surface area contributed by atoms with Gasteiger partial charge in [-0.15, -0.1) is 0 Å². The molecule has 0 aliphatic rings. The summed E-state index contributed by atoms with van der Waals surface area (Å²) in [7, 11) is 0. The van der Waals surface area contributed by atoms with Crippen LogP contribution in [0.25, 0.3) is 0 Å². The van der Waals surface area contributed by atoms with E-state index in [0.717, 1.165) is 28.9 Å². The van der Waals surface area contributed by atoms with Gasteiger partial charge in [0.1, 0.15) is 5.82 Å². The summed E-state index contributed by atoms with van der Waals surface area (Å²) in [6.45, 7) is 3.05. The number of halogens is 1. The maximum absolute atomic E-state index is 12.2. The molecule has 0 spiro atoms. The summed E-state index contributed by atoms with van der Waals surface area (Å²) in [5, 5.41) is 6.12. The summed E-state index contributed by atoms with van der Waals surface area (Å²) in [4.78, 5) is 16.5. The minimum atomic E-state index is -0.138. The van der Waals surface area contributed by atoms with Crippen molar-refractivity contribution in [2.45, 2.75) is 26.2 Å². The van der Waals surface area contributed by atoms with Gasteiger partial charge in [-0.05, 0) is 42.8 Å². The van der Waals surface area contributed by atoms with Crippen molar-refractivity contribution in [1.82, 2.24) is 4.98 Å². The summed E-state index contributed by atoms with van der Waals surface area (Å²) in [6.07, 6.45) is 5.13. The molecular formula is C17H20BrN3O. The van der Waals surface area contributed by atoms with E-state index in [4.69, 9.17) is 0 Å². The van der Waals surface area contributed by atoms with E-state index in [9.17, 15) is 4.79 Å². The van der Waals surface area contributed by atoms with Crippen LogP contribution in [0.4, 0.5) is 11.5 Å². The van der Waals surface area contributed by atoms with Gasteiger partial charge < -0.3 is 10.6 Å². The Bertz CT molecular complexity index is 614. The number of carbonyl (C=O) groups excluding carboxylic acids is 1. The van der Waals surface area contributed by atoms with Crippen LogP contribution >= 0.6 is 15.9 Å². The van der Waals surface area contributed by atoms with Gasteiger partial charge in [-0.3, -0.25) is 4.79 Å². The molecular weight excluding hydrogens is 342 g/mol. The second kappa shape index (κ2) is 8.54. The number of anilines is 2. The van der Waals surface area contributed by atoms with Crippen LogP contribution in [0.2, 0.25) is 0 Å². The molecule has 0 saturated carbocycles. The lowest BCUT2D eigenvalue weighted by Crippen LogP contribution is -2.13. The molecule has 0 radical (unpaired) electrons. The van der Waals surface area contributed by atoms with Gasteiger partial charge in [-0.25, -0.2) is 4.98 Å². The number of unbranched alkanes of at least 4 members (excludes halogenated alkanes) is 2. The molecule has 1 aromatic heterocycles. The SMILES string of the molecule is CCCCCNc1cc(C(=O)Nc2ccc(Br)cc2)ccn1. The smallest absolute Gasteiger partial charge is 0.255 e. The lowest BCUT2D eigenvalue weighted by Gasteiger charge is -2.08. The first-order valence-electron chi connectivity index (χ1n) is 7.46. The van der Waals surface area contributed by atoms with E-state index in [1.165, 1.54) is 12.8 Å². The maximum atomic E-state index is 12.2. The molecule has 0 unspecified atom stereocenters. The van der Waals surface area contributed by atoms with E-state index >= 15 is 0 Å². The van der Waals surface area contributed by atoms with Crippen LogP contribution in [-0.4, -0.2) is 17.4 Å². The predicted molar refractivity (Wildman–Crippen MR) is 94.3 cm³/mol. The van der Waals surface area contributed by atoms with Gasteiger partial charge in [0.25, 0.3) is 5.91 Å². The second-order valence-corrected chi connectivity index (χ2v) is 5.94. The first-order chi connectivity index (χ1) is 10.7. The van der Waals surface area contributed by atoms with E-state index in [1.54, 1.807) is 18.3 Å². The molecule has 1 heterocycles. The molecule has 1 aromatic carbocycles. The fourth-order valence-electron chi connectivity index (χ4n) is 2.00. The summed E-state index contributed by atoms with van der Waals surface area (Å²) in [6, 6.07) is 11.0. The number of nitrogens with one attached hydrogen (secondary N) is 2. The van der Waals surface area contributed by atoms with E-state index in [1.807, 2.05) is 24.3 Å². The zero-order chi connectivity index (χ0) is 15.8. The largest absolute Gasteiger partial charge is 0.370 e. The van der Waals surface area contributed by atoms with Crippen molar-refractivity contribution in [3.8, 4) is 0 Å². The zero-order valence-corrected chi connectivity index (χ0v) is 14.2. The van der Waals surface area contributed by atoms with Crippen LogP contribution in [0.3, 0.4) is 0 Å². The van der Waals surface area contributed by atoms with Crippen LogP contribution < -0.4 is 10.6 Å². The number of hydrogen-bond donors (Lipinski definition) is 2. The van der Waals surface area contributed by atoms with E-state index in [-0.39, 0.29) is 5.91 Å². The lowest BCUT2D eigenvalue weighted by molar-refractivity contribution is 0.102. The number of benzene rings is 1. The molecule has 4 nitrogen and oxygen atoms in total. The highest BCUT2D eigenvalue weighted by Gasteiger charge is 2.07. The standard InChI is InChI=1S/C17H20BrN3O/c1-2-3-4-10-19-16-12-13(9-11-20-16)17(22)21-15-7-5-14(18)6-8-15/h5-9,11-12H,2-4,10H2,1H3,(H,19,20)(H,21,22). The Hall–Kier alpha value is -1.88. The van der Waals surface area contributed by atoms with Gasteiger partial charge >= 0.3 is 0 Å². The van der Waals surface area contributed by atoms with E-state index in [2.05, 4.69) is 38.5 Å². The third-order valence-corrected chi connectivity index (χ3v) is 3.74. The molecule has 2 N–H and O–H groups in total. The van der Waals surface area contributed by atoms with Crippen molar-refractivity contribution in [1.29, 1.82) is 0 Å². The van der Waals surface area contributed by atoms with Gasteiger partial charge in [0.2, 0.25) is 0 Å². The van der Waals surface area contributed by atoms with Gasteiger partial charge in [0.15, 0.2) is 0 Å². The number of hydrogen-bond acceptors (Lipinski definition) is 3. The minimum absolute atomic E-state index is 0.138. The third-order valence-electron chi connectivity index (χ3n) is 3.21. The molecule has 2 rings (SSSR count). The summed E-state index contributed by atoms with van der Waals surface area (Å²) in [5.41, 5.74) is 1.36. The monoisotopic (exact) mass is 361 g/mol. The first-order valence-corrected chi connectivity index (χ1v) is 8.25. The van der Waals surface area contributed by atoms with E-state index in [0.29, 0.717) is 5.56 Å². The fraction of sp³-hybridized carbons (Fsp3) is 0.294. The Morgan fingerprint density at radius 3 is 2.68 bits per heavy atom. The third kappa shape index (κ3) is 5.15. The Balaban J connectivity index is 1.96. The quantitative estimate of drug-likeness (QED) is 0.702. The summed E-state index contributed by atoms with van der Waals surface area (Å²) in [5.74, 6) is 0.598. The van der Waals surface area contributed by atoms with Crippen molar-refractivity contribution < 1.29 is 4.79 Å². The molecule has 0 saturated heterocycles. The van der Waals surface area contributed by atoms with Crippen LogP contribution in [0.1, 0.15) is 36.5 Å². The number of pyridine rings is 1. The second-order valence-electron chi connectivity index (χ2n) is 5.02. The van der Waals surface area contributed by atoms with Gasteiger partial charge in [-0.1, -0.05) is 35.7 Å². The molecule has 0 atom stereocenters. The number of amides is 1. The Morgan fingerprint density at radius 2 is 1.95 bits per heavy atom. The minimum Gasteiger partial charge on any atom is -0.370 e. The molecule has 2 aromatic rings. The number of carbonyl (C=O) groups is 1. The predicted octanol–water partition coefficient (Wildman–Crippen LogP) is 4.70. The molecule has 116 valence electrons. The normalized spacial score (nSPS) is 10.3. The van der Waals surface area contributed by atoms with Crippen molar-refractivity contribution in [2.75, 3.05) is 17.2 Å². The topological polar surface area (TPSA) is 54.0 Å². The van der Waals surface area contributed by atoms with Crippen molar-refractivity contribution in [3.63, 3.8) is 0 Å². The zero-order valence-electron chi connectivity index (χ0n) is 12.6. The number of nitrogens with zero attached hydrogens (tertiary/aromatic N) is 1. The average Bonchev–Trinajstić information content (AvgIpc) is 2.54. The van der Waals surface area contributed by atoms with Crippen LogP contribution in [-0.2, 0) is 0 Å². The molecule has 1 amide bonds. The Morgan fingerprint density at radius 1 is 1.18 bits per heavy atom. The summed E-state index contributed by atoms with van der Waals surface area (Å²) < 4.78 is 0.980. The first kappa shape index (κ1) is 16.5. The van der Waals surface area contributed by atoms with Crippen molar-refractivity contribution >= 4 is 33.3 Å². The van der Waals surface area contributed by atoms with Crippen molar-refractivity contribution in [2.24, 2.45) is 0 Å². The Kier molecular flexibility index (Phi) is 6.40. The molecule has 0 bridgehead atoms. The molecule has 5 heteroatoms. The molecule has 0 fully saturated rings. The van der Waals surface area contributed by atoms with Gasteiger partial charge in [0.05, 0.1) is 0 Å². The van der Waals surface area contributed by atoms with E-state index < -0.39 is 0 Å². The maximum Gasteiger partial charge on any atom is 0.255 e. The highest BCUT2D eigenvalue weighted by molar-refractivity contribution is 9.10. The molecule has 0 aliphatic heterocycles. The van der Waals surface area contributed by atoms with Crippen molar-refractivity contribution in [3.05, 3.63) is 52.6 Å². The van der Waals surface area contributed by atoms with Gasteiger partial charge in [-0.2, -0.15) is 0 Å². The molecule has 0 aliphatic carbocycles. The fourth-order valence-corrected chi connectivity index (χ4v) is 2.26. The Labute approximate surface area is 139 Å². The summed E-state index contributed by atoms with van der Waals surface area (Å²) >= 11 is 3.37. The van der Waals surface area contributed by atoms with Crippen LogP contribution in [0.5, 0.6) is 0 Å². The lowest BCUT2D eigenvalue weighted by atomic mass is 10.2.